The lowest BCUT2D eigenvalue weighted by Gasteiger charge is -2.31. The van der Waals surface area contributed by atoms with Crippen LogP contribution in [0.3, 0.4) is 0 Å². The van der Waals surface area contributed by atoms with Gasteiger partial charge in [0.1, 0.15) is 0 Å². The number of anilines is 1. The highest BCUT2D eigenvalue weighted by Crippen LogP contribution is 2.28. The van der Waals surface area contributed by atoms with E-state index in [2.05, 4.69) is 11.0 Å². The van der Waals surface area contributed by atoms with Gasteiger partial charge in [0.25, 0.3) is 0 Å². The van der Waals surface area contributed by atoms with Crippen LogP contribution < -0.4 is 10.6 Å². The van der Waals surface area contributed by atoms with E-state index in [9.17, 15) is 5.11 Å². The number of nitrogens with zero attached hydrogens (tertiary/aromatic N) is 1. The van der Waals surface area contributed by atoms with Crippen molar-refractivity contribution in [3.8, 4) is 0 Å². The minimum atomic E-state index is 0.205. The SMILES string of the molecule is NCc1ccc(N2CCCCCC2CO)cc1Cl. The number of benzene rings is 1. The van der Waals surface area contributed by atoms with E-state index in [0.29, 0.717) is 6.54 Å². The molecule has 1 unspecified atom stereocenters. The van der Waals surface area contributed by atoms with Crippen LogP contribution in [0.2, 0.25) is 5.02 Å². The van der Waals surface area contributed by atoms with Crippen molar-refractivity contribution in [3.63, 3.8) is 0 Å². The molecule has 0 aliphatic carbocycles. The van der Waals surface area contributed by atoms with Gasteiger partial charge in [0, 0.05) is 23.8 Å². The Bertz CT molecular complexity index is 397. The molecule has 1 aromatic carbocycles. The molecular weight excluding hydrogens is 248 g/mol. The van der Waals surface area contributed by atoms with Crippen LogP contribution in [-0.2, 0) is 6.54 Å². The minimum absolute atomic E-state index is 0.205. The maximum absolute atomic E-state index is 9.52. The van der Waals surface area contributed by atoms with Crippen molar-refractivity contribution in [2.45, 2.75) is 38.3 Å². The largest absolute Gasteiger partial charge is 0.394 e. The van der Waals surface area contributed by atoms with Crippen LogP contribution in [0.25, 0.3) is 0 Å². The standard InChI is InChI=1S/C14H21ClN2O/c15-14-8-12(6-5-11(14)9-16)17-7-3-1-2-4-13(17)10-18/h5-6,8,13,18H,1-4,7,9-10,16H2. The first-order valence-electron chi connectivity index (χ1n) is 6.62. The second kappa shape index (κ2) is 6.41. The normalized spacial score (nSPS) is 20.8. The van der Waals surface area contributed by atoms with Gasteiger partial charge in [-0.05, 0) is 30.5 Å². The summed E-state index contributed by atoms with van der Waals surface area (Å²) in [7, 11) is 0. The van der Waals surface area contributed by atoms with Gasteiger partial charge in [0.15, 0.2) is 0 Å². The van der Waals surface area contributed by atoms with Crippen LogP contribution in [0.15, 0.2) is 18.2 Å². The summed E-state index contributed by atoms with van der Waals surface area (Å²) in [6, 6.07) is 6.23. The molecule has 0 aromatic heterocycles. The van der Waals surface area contributed by atoms with Crippen molar-refractivity contribution in [3.05, 3.63) is 28.8 Å². The van der Waals surface area contributed by atoms with Gasteiger partial charge in [0.05, 0.1) is 12.6 Å². The fourth-order valence-electron chi connectivity index (χ4n) is 2.59. The highest BCUT2D eigenvalue weighted by atomic mass is 35.5. The van der Waals surface area contributed by atoms with Crippen LogP contribution >= 0.6 is 11.6 Å². The molecule has 1 saturated heterocycles. The summed E-state index contributed by atoms with van der Waals surface area (Å²) in [5.74, 6) is 0. The average Bonchev–Trinajstić information content (AvgIpc) is 2.63. The molecule has 1 aliphatic heterocycles. The molecule has 1 fully saturated rings. The fourth-order valence-corrected chi connectivity index (χ4v) is 2.84. The first-order chi connectivity index (χ1) is 8.76. The molecule has 18 heavy (non-hydrogen) atoms. The van der Waals surface area contributed by atoms with E-state index in [4.69, 9.17) is 17.3 Å². The Hall–Kier alpha value is -0.770. The molecule has 3 nitrogen and oxygen atoms in total. The zero-order valence-corrected chi connectivity index (χ0v) is 11.4. The van der Waals surface area contributed by atoms with Crippen LogP contribution in [0.5, 0.6) is 0 Å². The average molecular weight is 269 g/mol. The molecule has 0 saturated carbocycles. The van der Waals surface area contributed by atoms with Gasteiger partial charge in [0.2, 0.25) is 0 Å². The second-order valence-electron chi connectivity index (χ2n) is 4.86. The molecule has 1 heterocycles. The van der Waals surface area contributed by atoms with Crippen molar-refractivity contribution in [1.29, 1.82) is 0 Å². The zero-order chi connectivity index (χ0) is 13.0. The molecule has 4 heteroatoms. The van der Waals surface area contributed by atoms with Gasteiger partial charge in [-0.2, -0.15) is 0 Å². The van der Waals surface area contributed by atoms with E-state index in [1.54, 1.807) is 0 Å². The summed E-state index contributed by atoms with van der Waals surface area (Å²) in [6.07, 6.45) is 4.65. The third-order valence-electron chi connectivity index (χ3n) is 3.68. The highest BCUT2D eigenvalue weighted by Gasteiger charge is 2.20. The third kappa shape index (κ3) is 2.97. The summed E-state index contributed by atoms with van der Waals surface area (Å²) in [4.78, 5) is 2.28. The van der Waals surface area contributed by atoms with Gasteiger partial charge in [-0.25, -0.2) is 0 Å². The Balaban J connectivity index is 2.24. The second-order valence-corrected chi connectivity index (χ2v) is 5.27. The van der Waals surface area contributed by atoms with Crippen molar-refractivity contribution in [2.75, 3.05) is 18.1 Å². The van der Waals surface area contributed by atoms with Gasteiger partial charge < -0.3 is 15.7 Å². The molecule has 0 radical (unpaired) electrons. The van der Waals surface area contributed by atoms with E-state index in [1.165, 1.54) is 19.3 Å². The molecule has 100 valence electrons. The summed E-state index contributed by atoms with van der Waals surface area (Å²) in [5, 5.41) is 10.2. The third-order valence-corrected chi connectivity index (χ3v) is 4.03. The number of aliphatic hydroxyl groups is 1. The summed E-state index contributed by atoms with van der Waals surface area (Å²) in [5.41, 5.74) is 7.68. The molecule has 0 amide bonds. The topological polar surface area (TPSA) is 49.5 Å². The lowest BCUT2D eigenvalue weighted by molar-refractivity contribution is 0.255. The Morgan fingerprint density at radius 2 is 2.17 bits per heavy atom. The molecular formula is C14H21ClN2O. The Morgan fingerprint density at radius 3 is 2.83 bits per heavy atom. The lowest BCUT2D eigenvalue weighted by Crippen LogP contribution is -2.37. The Kier molecular flexibility index (Phi) is 4.87. The van der Waals surface area contributed by atoms with Crippen molar-refractivity contribution < 1.29 is 5.11 Å². The zero-order valence-electron chi connectivity index (χ0n) is 10.6. The van der Waals surface area contributed by atoms with Gasteiger partial charge in [-0.1, -0.05) is 30.5 Å². The number of halogens is 1. The number of rotatable bonds is 3. The van der Waals surface area contributed by atoms with Crippen molar-refractivity contribution in [1.82, 2.24) is 0 Å². The summed E-state index contributed by atoms with van der Waals surface area (Å²) < 4.78 is 0. The summed E-state index contributed by atoms with van der Waals surface area (Å²) >= 11 is 6.21. The molecule has 0 bridgehead atoms. The molecule has 3 N–H and O–H groups in total. The predicted octanol–water partition coefficient (Wildman–Crippen LogP) is 2.54. The maximum Gasteiger partial charge on any atom is 0.0635 e. The van der Waals surface area contributed by atoms with Crippen LogP contribution in [0.1, 0.15) is 31.2 Å². The fraction of sp³-hybridized carbons (Fsp3) is 0.571. The quantitative estimate of drug-likeness (QED) is 0.886. The van der Waals surface area contributed by atoms with E-state index in [-0.39, 0.29) is 12.6 Å². The van der Waals surface area contributed by atoms with Crippen LogP contribution in [0, 0.1) is 0 Å². The molecule has 0 spiro atoms. The maximum atomic E-state index is 9.52. The van der Waals surface area contributed by atoms with E-state index in [1.807, 2.05) is 12.1 Å². The van der Waals surface area contributed by atoms with E-state index < -0.39 is 0 Å². The van der Waals surface area contributed by atoms with Crippen LogP contribution in [-0.4, -0.2) is 24.3 Å². The first-order valence-corrected chi connectivity index (χ1v) is 7.00. The molecule has 1 aliphatic rings. The van der Waals surface area contributed by atoms with Gasteiger partial charge >= 0.3 is 0 Å². The lowest BCUT2D eigenvalue weighted by atomic mass is 10.1. The van der Waals surface area contributed by atoms with Crippen molar-refractivity contribution in [2.24, 2.45) is 5.73 Å². The number of aliphatic hydroxyl groups excluding tert-OH is 1. The van der Waals surface area contributed by atoms with Gasteiger partial charge in [-0.15, -0.1) is 0 Å². The van der Waals surface area contributed by atoms with Crippen LogP contribution in [0.4, 0.5) is 5.69 Å². The van der Waals surface area contributed by atoms with E-state index >= 15 is 0 Å². The molecule has 1 atom stereocenters. The summed E-state index contributed by atoms with van der Waals surface area (Å²) in [6.45, 7) is 1.66. The van der Waals surface area contributed by atoms with Gasteiger partial charge in [-0.3, -0.25) is 0 Å². The monoisotopic (exact) mass is 268 g/mol. The minimum Gasteiger partial charge on any atom is -0.394 e. The van der Waals surface area contributed by atoms with E-state index in [0.717, 1.165) is 29.2 Å². The Morgan fingerprint density at radius 1 is 1.33 bits per heavy atom. The Labute approximate surface area is 114 Å². The number of hydrogen-bond acceptors (Lipinski definition) is 3. The number of nitrogens with two attached hydrogens (primary N) is 1. The molecule has 2 rings (SSSR count). The smallest absolute Gasteiger partial charge is 0.0635 e. The predicted molar refractivity (Wildman–Crippen MR) is 76.0 cm³/mol. The first kappa shape index (κ1) is 13.7. The highest BCUT2D eigenvalue weighted by molar-refractivity contribution is 6.31. The number of hydrogen-bond donors (Lipinski definition) is 2. The van der Waals surface area contributed by atoms with Crippen molar-refractivity contribution >= 4 is 17.3 Å². The molecule has 1 aromatic rings.